The van der Waals surface area contributed by atoms with E-state index in [1.54, 1.807) is 25.8 Å². The lowest BCUT2D eigenvalue weighted by molar-refractivity contribution is -0.140. The molecule has 0 aromatic rings. The fraction of sp³-hybridized carbons (Fsp3) is 0.611. The van der Waals surface area contributed by atoms with Gasteiger partial charge in [-0.15, -0.1) is 0 Å². The molecule has 0 aliphatic rings. The molecule has 0 aromatic carbocycles. The van der Waals surface area contributed by atoms with Gasteiger partial charge in [-0.3, -0.25) is 4.79 Å². The van der Waals surface area contributed by atoms with Crippen LogP contribution in [0.2, 0.25) is 0 Å². The lowest BCUT2D eigenvalue weighted by Crippen LogP contribution is -2.28. The summed E-state index contributed by atoms with van der Waals surface area (Å²) in [6.45, 7) is 11.4. The molecule has 0 unspecified atom stereocenters. The van der Waals surface area contributed by atoms with Crippen LogP contribution < -0.4 is 0 Å². The van der Waals surface area contributed by atoms with Gasteiger partial charge in [0, 0.05) is 31.2 Å². The second-order valence-corrected chi connectivity index (χ2v) is 5.81. The highest BCUT2D eigenvalue weighted by molar-refractivity contribution is 5.87. The Morgan fingerprint density at radius 1 is 0.833 bits per heavy atom. The van der Waals surface area contributed by atoms with E-state index in [0.29, 0.717) is 37.1 Å². The standard InChI is InChI=1S/C18H29NO5/c1-14(2)17(21)23-12-8-6-7-10-16(20)19(5)11-9-13-24-18(22)15(3)4/h1,3,6-13H2,2,4-5H3. The Kier molecular flexibility index (Phi) is 11.2. The van der Waals surface area contributed by atoms with Gasteiger partial charge in [-0.25, -0.2) is 9.59 Å². The Bertz CT molecular complexity index is 470. The van der Waals surface area contributed by atoms with Crippen LogP contribution in [-0.2, 0) is 23.9 Å². The molecule has 6 nitrogen and oxygen atoms in total. The van der Waals surface area contributed by atoms with Gasteiger partial charge in [0.25, 0.3) is 0 Å². The maximum atomic E-state index is 11.9. The zero-order chi connectivity index (χ0) is 18.5. The number of nitrogens with zero attached hydrogens (tertiary/aromatic N) is 1. The minimum Gasteiger partial charge on any atom is -0.462 e. The van der Waals surface area contributed by atoms with E-state index in [2.05, 4.69) is 13.2 Å². The smallest absolute Gasteiger partial charge is 0.333 e. The molecule has 1 amide bonds. The summed E-state index contributed by atoms with van der Waals surface area (Å²) in [6.07, 6.45) is 3.35. The summed E-state index contributed by atoms with van der Waals surface area (Å²) < 4.78 is 9.95. The third kappa shape index (κ3) is 10.6. The van der Waals surface area contributed by atoms with Crippen LogP contribution in [0.25, 0.3) is 0 Å². The average Bonchev–Trinajstić information content (AvgIpc) is 2.53. The fourth-order valence-corrected chi connectivity index (χ4v) is 1.75. The quantitative estimate of drug-likeness (QED) is 0.310. The van der Waals surface area contributed by atoms with Gasteiger partial charge in [0.1, 0.15) is 0 Å². The van der Waals surface area contributed by atoms with Gasteiger partial charge in [-0.2, -0.15) is 0 Å². The average molecular weight is 339 g/mol. The predicted molar refractivity (Wildman–Crippen MR) is 92.3 cm³/mol. The molecule has 0 N–H and O–H groups in total. The Morgan fingerprint density at radius 2 is 1.33 bits per heavy atom. The maximum absolute atomic E-state index is 11.9. The fourth-order valence-electron chi connectivity index (χ4n) is 1.75. The first kappa shape index (κ1) is 21.9. The zero-order valence-electron chi connectivity index (χ0n) is 15.1. The molecular formula is C18H29NO5. The SMILES string of the molecule is C=C(C)C(=O)OCCCCCC(=O)N(C)CCCOC(=O)C(=C)C. The monoisotopic (exact) mass is 339 g/mol. The minimum absolute atomic E-state index is 0.0557. The molecule has 0 saturated heterocycles. The highest BCUT2D eigenvalue weighted by Gasteiger charge is 2.09. The highest BCUT2D eigenvalue weighted by atomic mass is 16.5. The van der Waals surface area contributed by atoms with Crippen molar-refractivity contribution < 1.29 is 23.9 Å². The number of amides is 1. The van der Waals surface area contributed by atoms with Crippen molar-refractivity contribution in [2.24, 2.45) is 0 Å². The van der Waals surface area contributed by atoms with Gasteiger partial charge in [0.15, 0.2) is 0 Å². The Labute approximate surface area is 144 Å². The number of ether oxygens (including phenoxy) is 2. The van der Waals surface area contributed by atoms with Crippen molar-refractivity contribution in [2.75, 3.05) is 26.8 Å². The van der Waals surface area contributed by atoms with E-state index in [9.17, 15) is 14.4 Å². The van der Waals surface area contributed by atoms with Crippen molar-refractivity contribution in [3.8, 4) is 0 Å². The third-order valence-electron chi connectivity index (χ3n) is 3.26. The number of hydrogen-bond donors (Lipinski definition) is 0. The number of carbonyl (C=O) groups is 3. The van der Waals surface area contributed by atoms with Crippen LogP contribution in [-0.4, -0.2) is 49.6 Å². The molecule has 0 saturated carbocycles. The minimum atomic E-state index is -0.406. The van der Waals surface area contributed by atoms with E-state index in [0.717, 1.165) is 19.3 Å². The van der Waals surface area contributed by atoms with Crippen molar-refractivity contribution >= 4 is 17.8 Å². The molecule has 0 spiro atoms. The first-order valence-corrected chi connectivity index (χ1v) is 8.15. The van der Waals surface area contributed by atoms with Crippen LogP contribution >= 0.6 is 0 Å². The van der Waals surface area contributed by atoms with Crippen LogP contribution in [0.1, 0.15) is 46.0 Å². The first-order valence-electron chi connectivity index (χ1n) is 8.15. The lowest BCUT2D eigenvalue weighted by atomic mass is 10.2. The Balaban J connectivity index is 3.66. The molecule has 0 bridgehead atoms. The van der Waals surface area contributed by atoms with E-state index in [4.69, 9.17) is 9.47 Å². The van der Waals surface area contributed by atoms with Crippen molar-refractivity contribution in [1.82, 2.24) is 4.90 Å². The Hall–Kier alpha value is -2.11. The third-order valence-corrected chi connectivity index (χ3v) is 3.26. The molecule has 0 radical (unpaired) electrons. The number of carbonyl (C=O) groups excluding carboxylic acids is 3. The van der Waals surface area contributed by atoms with Gasteiger partial charge in [0.2, 0.25) is 5.91 Å². The molecular weight excluding hydrogens is 310 g/mol. The second-order valence-electron chi connectivity index (χ2n) is 5.81. The largest absolute Gasteiger partial charge is 0.462 e. The van der Waals surface area contributed by atoms with Crippen LogP contribution in [0.4, 0.5) is 0 Å². The number of esters is 2. The van der Waals surface area contributed by atoms with Crippen molar-refractivity contribution in [1.29, 1.82) is 0 Å². The van der Waals surface area contributed by atoms with Crippen LogP contribution in [0.3, 0.4) is 0 Å². The van der Waals surface area contributed by atoms with Gasteiger partial charge < -0.3 is 14.4 Å². The molecule has 0 fully saturated rings. The van der Waals surface area contributed by atoms with E-state index in [-0.39, 0.29) is 18.5 Å². The molecule has 0 aliphatic carbocycles. The van der Waals surface area contributed by atoms with Crippen LogP contribution in [0.5, 0.6) is 0 Å². The molecule has 24 heavy (non-hydrogen) atoms. The molecule has 0 aromatic heterocycles. The van der Waals surface area contributed by atoms with Crippen LogP contribution in [0, 0.1) is 0 Å². The molecule has 0 heterocycles. The number of rotatable bonds is 12. The lowest BCUT2D eigenvalue weighted by Gasteiger charge is -2.17. The number of hydrogen-bond acceptors (Lipinski definition) is 5. The van der Waals surface area contributed by atoms with E-state index in [1.807, 2.05) is 0 Å². The van der Waals surface area contributed by atoms with Gasteiger partial charge in [-0.1, -0.05) is 13.2 Å². The van der Waals surface area contributed by atoms with Crippen molar-refractivity contribution in [2.45, 2.75) is 46.0 Å². The second kappa shape index (κ2) is 12.3. The first-order chi connectivity index (χ1) is 11.3. The summed E-state index contributed by atoms with van der Waals surface area (Å²) >= 11 is 0. The number of unbranched alkanes of at least 4 members (excludes halogenated alkanes) is 2. The zero-order valence-corrected chi connectivity index (χ0v) is 15.1. The molecule has 136 valence electrons. The predicted octanol–water partition coefficient (Wildman–Crippen LogP) is 2.63. The molecule has 0 aliphatic heterocycles. The van der Waals surface area contributed by atoms with Crippen molar-refractivity contribution in [3.63, 3.8) is 0 Å². The molecule has 0 rings (SSSR count). The van der Waals surface area contributed by atoms with E-state index >= 15 is 0 Å². The summed E-state index contributed by atoms with van der Waals surface area (Å²) in [6, 6.07) is 0. The summed E-state index contributed by atoms with van der Waals surface area (Å²) in [5.41, 5.74) is 0.758. The van der Waals surface area contributed by atoms with Gasteiger partial charge in [0.05, 0.1) is 13.2 Å². The summed E-state index contributed by atoms with van der Waals surface area (Å²) in [7, 11) is 1.73. The topological polar surface area (TPSA) is 72.9 Å². The molecule has 6 heteroatoms. The molecule has 0 atom stereocenters. The van der Waals surface area contributed by atoms with Gasteiger partial charge >= 0.3 is 11.9 Å². The van der Waals surface area contributed by atoms with E-state index < -0.39 is 5.97 Å². The Morgan fingerprint density at radius 3 is 1.83 bits per heavy atom. The summed E-state index contributed by atoms with van der Waals surface area (Å²) in [5, 5.41) is 0. The summed E-state index contributed by atoms with van der Waals surface area (Å²) in [5.74, 6) is -0.727. The van der Waals surface area contributed by atoms with Crippen molar-refractivity contribution in [3.05, 3.63) is 24.3 Å². The maximum Gasteiger partial charge on any atom is 0.333 e. The normalized spacial score (nSPS) is 9.96. The van der Waals surface area contributed by atoms with Crippen LogP contribution in [0.15, 0.2) is 24.3 Å². The van der Waals surface area contributed by atoms with Gasteiger partial charge in [-0.05, 0) is 39.5 Å². The highest BCUT2D eigenvalue weighted by Crippen LogP contribution is 2.04. The van der Waals surface area contributed by atoms with E-state index in [1.165, 1.54) is 0 Å². The summed E-state index contributed by atoms with van der Waals surface area (Å²) in [4.78, 5) is 35.9.